The number of nitrogens with zero attached hydrogens (tertiary/aromatic N) is 3. The minimum Gasteiger partial charge on any atom is -0.339 e. The van der Waals surface area contributed by atoms with E-state index in [1.807, 2.05) is 43.3 Å². The zero-order chi connectivity index (χ0) is 23.4. The van der Waals surface area contributed by atoms with Crippen molar-refractivity contribution in [3.05, 3.63) is 54.4 Å². The van der Waals surface area contributed by atoms with Gasteiger partial charge in [0.05, 0.1) is 0 Å². The van der Waals surface area contributed by atoms with Crippen LogP contribution >= 0.6 is 0 Å². The fourth-order valence-corrected chi connectivity index (χ4v) is 4.36. The molecule has 2 N–H and O–H groups in total. The van der Waals surface area contributed by atoms with E-state index >= 15 is 0 Å². The number of hydrogen-bond donors (Lipinski definition) is 2. The molecule has 2 saturated heterocycles. The molecule has 1 aromatic carbocycles. The van der Waals surface area contributed by atoms with Crippen molar-refractivity contribution in [2.45, 2.75) is 38.3 Å². The Kier molecular flexibility index (Phi) is 6.67. The van der Waals surface area contributed by atoms with Gasteiger partial charge < -0.3 is 15.1 Å². The predicted molar refractivity (Wildman–Crippen MR) is 121 cm³/mol. The summed E-state index contributed by atoms with van der Waals surface area (Å²) >= 11 is 0. The summed E-state index contributed by atoms with van der Waals surface area (Å²) in [5, 5.41) is 4.68. The van der Waals surface area contributed by atoms with Gasteiger partial charge in [-0.25, -0.2) is 4.79 Å². The lowest BCUT2D eigenvalue weighted by Gasteiger charge is -2.40. The van der Waals surface area contributed by atoms with E-state index in [0.29, 0.717) is 26.1 Å². The summed E-state index contributed by atoms with van der Waals surface area (Å²) in [6, 6.07) is 9.89. The molecule has 33 heavy (non-hydrogen) atoms. The van der Waals surface area contributed by atoms with Crippen molar-refractivity contribution in [1.82, 2.24) is 25.4 Å². The first-order valence-corrected chi connectivity index (χ1v) is 11.1. The summed E-state index contributed by atoms with van der Waals surface area (Å²) < 4.78 is 0. The monoisotopic (exact) mass is 449 g/mol. The molecular weight excluding hydrogens is 422 g/mol. The lowest BCUT2D eigenvalue weighted by Crippen LogP contribution is -2.59. The Morgan fingerprint density at radius 3 is 2.64 bits per heavy atom. The third kappa shape index (κ3) is 5.02. The summed E-state index contributed by atoms with van der Waals surface area (Å²) in [4.78, 5) is 56.9. The molecule has 0 bridgehead atoms. The van der Waals surface area contributed by atoms with Crippen molar-refractivity contribution in [2.24, 2.45) is 0 Å². The number of benzene rings is 1. The molecule has 2 aliphatic rings. The Morgan fingerprint density at radius 2 is 1.94 bits per heavy atom. The fraction of sp³-hybridized carbons (Fsp3) is 0.375. The van der Waals surface area contributed by atoms with Crippen molar-refractivity contribution >= 4 is 23.8 Å². The van der Waals surface area contributed by atoms with Gasteiger partial charge in [0, 0.05) is 44.9 Å². The van der Waals surface area contributed by atoms with Gasteiger partial charge in [0.1, 0.15) is 12.1 Å². The van der Waals surface area contributed by atoms with Crippen LogP contribution in [0, 0.1) is 0 Å². The van der Waals surface area contributed by atoms with E-state index in [9.17, 15) is 19.2 Å². The smallest absolute Gasteiger partial charge is 0.322 e. The van der Waals surface area contributed by atoms with Crippen LogP contribution in [0.3, 0.4) is 0 Å². The van der Waals surface area contributed by atoms with E-state index < -0.39 is 24.0 Å². The average Bonchev–Trinajstić information content (AvgIpc) is 3.16. The molecule has 1 aromatic heterocycles. The molecule has 2 aromatic rings. The zero-order valence-corrected chi connectivity index (χ0v) is 18.5. The Balaban J connectivity index is 1.50. The summed E-state index contributed by atoms with van der Waals surface area (Å²) in [6.07, 6.45) is 4.18. The molecule has 3 heterocycles. The standard InChI is InChI=1S/C24H27N5O4/c1-2-28-11-12-29(21(30)9-8-19-22(31)27-24(33)26-19)20(23(28)32)14-16-5-3-6-17(13-16)18-7-4-10-25-15-18/h3-7,10,13,15,19-20H,2,8-9,11-12,14H2,1H3,(H2,26,27,31,33)/t19-,20-/m0/s1. The van der Waals surface area contributed by atoms with Gasteiger partial charge in [-0.3, -0.25) is 24.7 Å². The zero-order valence-electron chi connectivity index (χ0n) is 18.5. The molecule has 9 heteroatoms. The number of nitrogens with one attached hydrogen (secondary N) is 2. The second-order valence-corrected chi connectivity index (χ2v) is 8.22. The summed E-state index contributed by atoms with van der Waals surface area (Å²) in [7, 11) is 0. The SMILES string of the molecule is CCN1CCN(C(=O)CC[C@@H]2NC(=O)NC2=O)[C@@H](Cc2cccc(-c3cccnc3)c2)C1=O. The van der Waals surface area contributed by atoms with Crippen molar-refractivity contribution < 1.29 is 19.2 Å². The second-order valence-electron chi connectivity index (χ2n) is 8.22. The normalized spacial score (nSPS) is 20.6. The van der Waals surface area contributed by atoms with Crippen molar-refractivity contribution in [1.29, 1.82) is 0 Å². The van der Waals surface area contributed by atoms with E-state index in [0.717, 1.165) is 16.7 Å². The molecule has 4 rings (SSSR count). The molecular formula is C24H27N5O4. The quantitative estimate of drug-likeness (QED) is 0.620. The molecule has 0 spiro atoms. The lowest BCUT2D eigenvalue weighted by molar-refractivity contribution is -0.151. The number of likely N-dealkylation sites (N-methyl/N-ethyl adjacent to an activating group) is 1. The molecule has 172 valence electrons. The van der Waals surface area contributed by atoms with Crippen molar-refractivity contribution in [3.63, 3.8) is 0 Å². The fourth-order valence-electron chi connectivity index (χ4n) is 4.36. The third-order valence-corrected chi connectivity index (χ3v) is 6.14. The number of pyridine rings is 1. The average molecular weight is 450 g/mol. The van der Waals surface area contributed by atoms with Gasteiger partial charge in [-0.15, -0.1) is 0 Å². The van der Waals surface area contributed by atoms with Crippen LogP contribution in [0.2, 0.25) is 0 Å². The molecule has 2 aliphatic heterocycles. The van der Waals surface area contributed by atoms with Gasteiger partial charge in [0.25, 0.3) is 5.91 Å². The highest BCUT2D eigenvalue weighted by Gasteiger charge is 2.37. The van der Waals surface area contributed by atoms with Crippen LogP contribution in [0.15, 0.2) is 48.8 Å². The molecule has 2 fully saturated rings. The minimum atomic E-state index is -0.719. The summed E-state index contributed by atoms with van der Waals surface area (Å²) in [6.45, 7) is 3.43. The van der Waals surface area contributed by atoms with Gasteiger partial charge in [0.2, 0.25) is 11.8 Å². The summed E-state index contributed by atoms with van der Waals surface area (Å²) in [5.41, 5.74) is 2.93. The first-order valence-electron chi connectivity index (χ1n) is 11.1. The highest BCUT2D eigenvalue weighted by molar-refractivity contribution is 6.04. The molecule has 5 amide bonds. The van der Waals surface area contributed by atoms with Crippen LogP contribution in [0.5, 0.6) is 0 Å². The maximum Gasteiger partial charge on any atom is 0.322 e. The predicted octanol–water partition coefficient (Wildman–Crippen LogP) is 1.34. The number of hydrogen-bond acceptors (Lipinski definition) is 5. The highest BCUT2D eigenvalue weighted by atomic mass is 16.2. The number of carbonyl (C=O) groups is 4. The number of piperazine rings is 1. The van der Waals surface area contributed by atoms with Crippen LogP contribution < -0.4 is 10.6 Å². The highest BCUT2D eigenvalue weighted by Crippen LogP contribution is 2.23. The maximum atomic E-state index is 13.2. The van der Waals surface area contributed by atoms with Crippen LogP contribution in [-0.2, 0) is 20.8 Å². The molecule has 0 aliphatic carbocycles. The number of imide groups is 1. The van der Waals surface area contributed by atoms with Gasteiger partial charge in [-0.05, 0) is 36.1 Å². The Hall–Kier alpha value is -3.75. The van der Waals surface area contributed by atoms with E-state index in [1.54, 1.807) is 22.2 Å². The van der Waals surface area contributed by atoms with E-state index in [4.69, 9.17) is 0 Å². The van der Waals surface area contributed by atoms with Gasteiger partial charge in [-0.1, -0.05) is 30.3 Å². The molecule has 9 nitrogen and oxygen atoms in total. The second kappa shape index (κ2) is 9.81. The maximum absolute atomic E-state index is 13.2. The van der Waals surface area contributed by atoms with Crippen LogP contribution in [0.1, 0.15) is 25.3 Å². The van der Waals surface area contributed by atoms with E-state index in [-0.39, 0.29) is 24.7 Å². The van der Waals surface area contributed by atoms with Gasteiger partial charge in [0.15, 0.2) is 0 Å². The molecule has 2 atom stereocenters. The number of aromatic nitrogens is 1. The summed E-state index contributed by atoms with van der Waals surface area (Å²) in [5.74, 6) is -0.694. The Morgan fingerprint density at radius 1 is 1.12 bits per heavy atom. The van der Waals surface area contributed by atoms with Crippen molar-refractivity contribution in [3.8, 4) is 11.1 Å². The van der Waals surface area contributed by atoms with E-state index in [1.165, 1.54) is 0 Å². The minimum absolute atomic E-state index is 0.0733. The van der Waals surface area contributed by atoms with E-state index in [2.05, 4.69) is 15.6 Å². The Labute approximate surface area is 192 Å². The molecule has 0 radical (unpaired) electrons. The Bertz CT molecular complexity index is 1060. The van der Waals surface area contributed by atoms with Gasteiger partial charge in [-0.2, -0.15) is 0 Å². The largest absolute Gasteiger partial charge is 0.339 e. The lowest BCUT2D eigenvalue weighted by atomic mass is 9.97. The number of rotatable bonds is 7. The molecule has 0 saturated carbocycles. The first kappa shape index (κ1) is 22.4. The first-order chi connectivity index (χ1) is 16.0. The topological polar surface area (TPSA) is 112 Å². The number of amides is 5. The van der Waals surface area contributed by atoms with Crippen LogP contribution in [0.25, 0.3) is 11.1 Å². The number of carbonyl (C=O) groups excluding carboxylic acids is 4. The third-order valence-electron chi connectivity index (χ3n) is 6.14. The van der Waals surface area contributed by atoms with Crippen LogP contribution in [0.4, 0.5) is 4.79 Å². The van der Waals surface area contributed by atoms with Crippen molar-refractivity contribution in [2.75, 3.05) is 19.6 Å². The number of urea groups is 1. The van der Waals surface area contributed by atoms with Crippen LogP contribution in [-0.4, -0.2) is 70.3 Å². The van der Waals surface area contributed by atoms with Gasteiger partial charge >= 0.3 is 6.03 Å². The molecule has 0 unspecified atom stereocenters.